The van der Waals surface area contributed by atoms with Crippen molar-refractivity contribution < 1.29 is 19.1 Å². The number of ether oxygens (including phenoxy) is 2. The molecule has 2 fully saturated rings. The topological polar surface area (TPSA) is 62.3 Å². The number of hydrogen-bond acceptors (Lipinski definition) is 5. The summed E-state index contributed by atoms with van der Waals surface area (Å²) in [6.45, 7) is 8.81. The number of piperidine rings is 1. The summed E-state index contributed by atoms with van der Waals surface area (Å²) >= 11 is 6.26. The third-order valence-electron chi connectivity index (χ3n) is 5.39. The molecule has 0 spiro atoms. The molecule has 0 aliphatic carbocycles. The van der Waals surface area contributed by atoms with Crippen molar-refractivity contribution in [2.24, 2.45) is 0 Å². The lowest BCUT2D eigenvalue weighted by molar-refractivity contribution is -0.0311. The number of likely N-dealkylation sites (tertiary alicyclic amines) is 2. The second-order valence-corrected chi connectivity index (χ2v) is 9.64. The number of carbonyl (C=O) groups excluding carboxylic acids is 2. The number of amides is 2. The number of nitrogens with zero attached hydrogens (tertiary/aromatic N) is 3. The van der Waals surface area contributed by atoms with E-state index >= 15 is 0 Å². The second-order valence-electron chi connectivity index (χ2n) is 9.23. The zero-order valence-corrected chi connectivity index (χ0v) is 19.2. The zero-order chi connectivity index (χ0) is 22.1. The highest BCUT2D eigenvalue weighted by Gasteiger charge is 2.36. The summed E-state index contributed by atoms with van der Waals surface area (Å²) in [4.78, 5) is 30.0. The first-order valence-electron chi connectivity index (χ1n) is 10.4. The molecule has 1 aromatic rings. The van der Waals surface area contributed by atoms with Crippen LogP contribution < -0.4 is 4.74 Å². The minimum absolute atomic E-state index is 0.111. The van der Waals surface area contributed by atoms with Gasteiger partial charge in [-0.15, -0.1) is 0 Å². The quantitative estimate of drug-likeness (QED) is 0.721. The van der Waals surface area contributed by atoms with E-state index in [1.807, 2.05) is 20.8 Å². The number of rotatable bonds is 4. The Morgan fingerprint density at radius 1 is 1.13 bits per heavy atom. The third kappa shape index (κ3) is 5.58. The molecule has 0 N–H and O–H groups in total. The molecule has 30 heavy (non-hydrogen) atoms. The van der Waals surface area contributed by atoms with Crippen LogP contribution in [-0.2, 0) is 4.74 Å². The van der Waals surface area contributed by atoms with Crippen LogP contribution in [0.3, 0.4) is 0 Å². The summed E-state index contributed by atoms with van der Waals surface area (Å²) in [5, 5.41) is 0.400. The minimum atomic E-state index is -0.461. The molecule has 1 aromatic carbocycles. The average Bonchev–Trinajstić information content (AvgIpc) is 2.62. The maximum atomic E-state index is 12.2. The van der Waals surface area contributed by atoms with Crippen LogP contribution in [0.2, 0.25) is 5.02 Å². The molecular weight excluding hydrogens is 406 g/mol. The van der Waals surface area contributed by atoms with Gasteiger partial charge in [-0.25, -0.2) is 4.79 Å². The first kappa shape index (κ1) is 22.7. The summed E-state index contributed by atoms with van der Waals surface area (Å²) in [5.74, 6) is 0.554. The molecule has 0 unspecified atom stereocenters. The van der Waals surface area contributed by atoms with Gasteiger partial charge in [-0.05, 0) is 51.8 Å². The van der Waals surface area contributed by atoms with E-state index in [-0.39, 0.29) is 18.1 Å². The van der Waals surface area contributed by atoms with Crippen molar-refractivity contribution in [3.8, 4) is 5.75 Å². The predicted molar refractivity (Wildman–Crippen MR) is 116 cm³/mol. The van der Waals surface area contributed by atoms with E-state index in [2.05, 4.69) is 4.90 Å². The van der Waals surface area contributed by atoms with Gasteiger partial charge in [-0.1, -0.05) is 11.6 Å². The number of halogens is 1. The van der Waals surface area contributed by atoms with Crippen LogP contribution in [0.5, 0.6) is 5.75 Å². The van der Waals surface area contributed by atoms with Crippen LogP contribution in [-0.4, -0.2) is 84.7 Å². The van der Waals surface area contributed by atoms with E-state index in [9.17, 15) is 9.59 Å². The normalized spacial score (nSPS) is 18.7. The Kier molecular flexibility index (Phi) is 6.82. The maximum absolute atomic E-state index is 12.2. The van der Waals surface area contributed by atoms with Crippen LogP contribution in [0.4, 0.5) is 4.79 Å². The predicted octanol–water partition coefficient (Wildman–Crippen LogP) is 3.50. The molecule has 2 aliphatic heterocycles. The average molecular weight is 438 g/mol. The van der Waals surface area contributed by atoms with E-state index in [4.69, 9.17) is 21.1 Å². The molecular formula is C22H32ClN3O4. The lowest BCUT2D eigenvalue weighted by Crippen LogP contribution is -2.60. The second kappa shape index (κ2) is 9.02. The molecule has 3 rings (SSSR count). The Balaban J connectivity index is 1.43. The van der Waals surface area contributed by atoms with Crippen LogP contribution >= 0.6 is 11.6 Å². The van der Waals surface area contributed by atoms with E-state index in [1.165, 1.54) is 4.90 Å². The van der Waals surface area contributed by atoms with Gasteiger partial charge < -0.3 is 19.3 Å². The third-order valence-corrected chi connectivity index (χ3v) is 5.70. The fraction of sp³-hybridized carbons (Fsp3) is 0.636. The fourth-order valence-corrected chi connectivity index (χ4v) is 4.01. The smallest absolute Gasteiger partial charge is 0.410 e. The van der Waals surface area contributed by atoms with Crippen LogP contribution in [0.25, 0.3) is 0 Å². The van der Waals surface area contributed by atoms with E-state index in [0.717, 1.165) is 39.0 Å². The van der Waals surface area contributed by atoms with Crippen molar-refractivity contribution in [2.45, 2.75) is 51.4 Å². The molecule has 2 aliphatic rings. The van der Waals surface area contributed by atoms with Crippen molar-refractivity contribution in [1.82, 2.24) is 14.7 Å². The van der Waals surface area contributed by atoms with Crippen molar-refractivity contribution >= 4 is 23.6 Å². The zero-order valence-electron chi connectivity index (χ0n) is 18.5. The molecule has 8 heteroatoms. The molecule has 2 saturated heterocycles. The summed E-state index contributed by atoms with van der Waals surface area (Å²) in [7, 11) is 3.40. The van der Waals surface area contributed by atoms with E-state index < -0.39 is 5.60 Å². The lowest BCUT2D eigenvalue weighted by atomic mass is 9.98. The molecule has 0 bridgehead atoms. The highest BCUT2D eigenvalue weighted by atomic mass is 35.5. The van der Waals surface area contributed by atoms with Gasteiger partial charge in [0, 0.05) is 46.3 Å². The standard InChI is InChI=1S/C22H32ClN3O4/c1-22(2,3)30-21(28)25-10-8-15(9-11-25)26-13-17(14-26)29-16-6-7-18(19(23)12-16)20(27)24(4)5/h6-7,12,15,17H,8-11,13-14H2,1-5H3. The summed E-state index contributed by atoms with van der Waals surface area (Å²) in [6.07, 6.45) is 1.78. The molecule has 0 saturated carbocycles. The summed E-state index contributed by atoms with van der Waals surface area (Å²) in [6, 6.07) is 5.68. The minimum Gasteiger partial charge on any atom is -0.488 e. The van der Waals surface area contributed by atoms with Gasteiger partial charge in [-0.3, -0.25) is 9.69 Å². The van der Waals surface area contributed by atoms with Crippen LogP contribution in [0.15, 0.2) is 18.2 Å². The van der Waals surface area contributed by atoms with Crippen molar-refractivity contribution in [3.63, 3.8) is 0 Å². The monoisotopic (exact) mass is 437 g/mol. The van der Waals surface area contributed by atoms with Gasteiger partial charge in [0.05, 0.1) is 10.6 Å². The lowest BCUT2D eigenvalue weighted by Gasteiger charge is -2.46. The van der Waals surface area contributed by atoms with Gasteiger partial charge in [0.15, 0.2) is 0 Å². The highest BCUT2D eigenvalue weighted by Crippen LogP contribution is 2.28. The van der Waals surface area contributed by atoms with E-state index in [0.29, 0.717) is 22.4 Å². The molecule has 166 valence electrons. The van der Waals surface area contributed by atoms with Crippen molar-refractivity contribution in [3.05, 3.63) is 28.8 Å². The van der Waals surface area contributed by atoms with Crippen LogP contribution in [0.1, 0.15) is 44.0 Å². The summed E-state index contributed by atoms with van der Waals surface area (Å²) < 4.78 is 11.5. The molecule has 0 aromatic heterocycles. The van der Waals surface area contributed by atoms with E-state index in [1.54, 1.807) is 37.2 Å². The number of hydrogen-bond donors (Lipinski definition) is 0. The van der Waals surface area contributed by atoms with Gasteiger partial charge in [0.2, 0.25) is 0 Å². The molecule has 2 heterocycles. The Labute approximate surface area is 183 Å². The fourth-order valence-electron chi connectivity index (χ4n) is 3.76. The number of benzene rings is 1. The Morgan fingerprint density at radius 2 is 1.77 bits per heavy atom. The summed E-state index contributed by atoms with van der Waals surface area (Å²) in [5.41, 5.74) is 0.0117. The molecule has 0 atom stereocenters. The maximum Gasteiger partial charge on any atom is 0.410 e. The van der Waals surface area contributed by atoms with Crippen molar-refractivity contribution in [2.75, 3.05) is 40.3 Å². The number of carbonyl (C=O) groups is 2. The molecule has 0 radical (unpaired) electrons. The first-order valence-corrected chi connectivity index (χ1v) is 10.8. The van der Waals surface area contributed by atoms with Gasteiger partial charge in [0.1, 0.15) is 17.5 Å². The van der Waals surface area contributed by atoms with Crippen molar-refractivity contribution in [1.29, 1.82) is 0 Å². The Bertz CT molecular complexity index is 779. The van der Waals surface area contributed by atoms with Crippen LogP contribution in [0, 0.1) is 0 Å². The molecule has 2 amide bonds. The Morgan fingerprint density at radius 3 is 2.30 bits per heavy atom. The SMILES string of the molecule is CN(C)C(=O)c1ccc(OC2CN(C3CCN(C(=O)OC(C)(C)C)CC3)C2)cc1Cl. The van der Waals surface area contributed by atoms with Gasteiger partial charge in [-0.2, -0.15) is 0 Å². The van der Waals surface area contributed by atoms with Gasteiger partial charge >= 0.3 is 6.09 Å². The Hall–Kier alpha value is -1.99. The molecule has 7 nitrogen and oxygen atoms in total. The first-order chi connectivity index (χ1) is 14.0. The highest BCUT2D eigenvalue weighted by molar-refractivity contribution is 6.34. The largest absolute Gasteiger partial charge is 0.488 e. The van der Waals surface area contributed by atoms with Gasteiger partial charge in [0.25, 0.3) is 5.91 Å².